The number of methoxy groups -OCH3 is 1. The molecule has 1 aromatic heterocycles. The van der Waals surface area contributed by atoms with Crippen molar-refractivity contribution < 1.29 is 18.8 Å². The van der Waals surface area contributed by atoms with E-state index in [0.717, 1.165) is 28.1 Å². The molecule has 1 saturated heterocycles. The quantitative estimate of drug-likeness (QED) is 0.440. The maximum Gasteiger partial charge on any atom is 0.258 e. The van der Waals surface area contributed by atoms with E-state index in [9.17, 15) is 9.59 Å². The highest BCUT2D eigenvalue weighted by atomic mass is 16.5. The van der Waals surface area contributed by atoms with Gasteiger partial charge in [0.15, 0.2) is 0 Å². The van der Waals surface area contributed by atoms with Gasteiger partial charge in [-0.05, 0) is 73.2 Å². The third-order valence-electron chi connectivity index (χ3n) is 5.98. The predicted molar refractivity (Wildman–Crippen MR) is 132 cm³/mol. The van der Waals surface area contributed by atoms with Gasteiger partial charge in [-0.25, -0.2) is 0 Å². The molecule has 2 amide bonds. The van der Waals surface area contributed by atoms with E-state index in [1.54, 1.807) is 36.3 Å². The normalized spacial score (nSPS) is 15.3. The van der Waals surface area contributed by atoms with Crippen molar-refractivity contribution in [2.24, 2.45) is 5.92 Å². The minimum absolute atomic E-state index is 0.0462. The summed E-state index contributed by atoms with van der Waals surface area (Å²) in [5.41, 5.74) is 4.08. The van der Waals surface area contributed by atoms with Gasteiger partial charge in [-0.3, -0.25) is 9.59 Å². The standard InChI is InChI=1S/C27H24N4O4/c1-17-4-3-5-22(14-17)31-16-20(15-24(31)32)26(33)28-21-10-6-19(7-11-21)27-29-25(30-35-27)18-8-12-23(34-2)13-9-18/h3-14,20H,15-16H2,1-2H3,(H,28,33)/t20-/m1/s1. The number of amides is 2. The molecule has 1 N–H and O–H groups in total. The Balaban J connectivity index is 1.23. The molecule has 35 heavy (non-hydrogen) atoms. The van der Waals surface area contributed by atoms with E-state index in [4.69, 9.17) is 9.26 Å². The highest BCUT2D eigenvalue weighted by molar-refractivity contribution is 6.03. The van der Waals surface area contributed by atoms with Crippen molar-refractivity contribution in [2.75, 3.05) is 23.9 Å². The summed E-state index contributed by atoms with van der Waals surface area (Å²) in [6.45, 7) is 2.34. The van der Waals surface area contributed by atoms with Crippen molar-refractivity contribution in [3.63, 3.8) is 0 Å². The van der Waals surface area contributed by atoms with Crippen LogP contribution in [-0.2, 0) is 9.59 Å². The molecule has 3 aromatic carbocycles. The van der Waals surface area contributed by atoms with Crippen LogP contribution in [0.15, 0.2) is 77.3 Å². The number of benzene rings is 3. The van der Waals surface area contributed by atoms with Crippen LogP contribution >= 0.6 is 0 Å². The highest BCUT2D eigenvalue weighted by Crippen LogP contribution is 2.28. The van der Waals surface area contributed by atoms with Crippen LogP contribution in [0, 0.1) is 12.8 Å². The minimum Gasteiger partial charge on any atom is -0.497 e. The molecule has 1 atom stereocenters. The number of carbonyl (C=O) groups is 2. The van der Waals surface area contributed by atoms with Crippen molar-refractivity contribution in [2.45, 2.75) is 13.3 Å². The molecule has 0 saturated carbocycles. The number of carbonyl (C=O) groups excluding carboxylic acids is 2. The van der Waals surface area contributed by atoms with Gasteiger partial charge in [0.2, 0.25) is 17.6 Å². The number of rotatable bonds is 6. The average molecular weight is 469 g/mol. The maximum absolute atomic E-state index is 12.8. The fourth-order valence-corrected chi connectivity index (χ4v) is 4.07. The molecule has 2 heterocycles. The number of anilines is 2. The largest absolute Gasteiger partial charge is 0.497 e. The molecule has 1 aliphatic heterocycles. The molecule has 176 valence electrons. The molecule has 4 aromatic rings. The summed E-state index contributed by atoms with van der Waals surface area (Å²) in [4.78, 5) is 31.5. The Morgan fingerprint density at radius 3 is 2.51 bits per heavy atom. The number of hydrogen-bond donors (Lipinski definition) is 1. The smallest absolute Gasteiger partial charge is 0.258 e. The second-order valence-corrected chi connectivity index (χ2v) is 8.46. The van der Waals surface area contributed by atoms with E-state index in [2.05, 4.69) is 15.5 Å². The summed E-state index contributed by atoms with van der Waals surface area (Å²) < 4.78 is 10.6. The summed E-state index contributed by atoms with van der Waals surface area (Å²) in [5.74, 6) is 0.967. The van der Waals surface area contributed by atoms with Crippen molar-refractivity contribution in [1.29, 1.82) is 0 Å². The molecule has 8 heteroatoms. The number of nitrogens with one attached hydrogen (secondary N) is 1. The van der Waals surface area contributed by atoms with Gasteiger partial charge in [-0.1, -0.05) is 17.3 Å². The van der Waals surface area contributed by atoms with Crippen LogP contribution in [0.2, 0.25) is 0 Å². The molecule has 0 aliphatic carbocycles. The lowest BCUT2D eigenvalue weighted by molar-refractivity contribution is -0.122. The second kappa shape index (κ2) is 9.42. The third-order valence-corrected chi connectivity index (χ3v) is 5.98. The van der Waals surface area contributed by atoms with Gasteiger partial charge in [0.05, 0.1) is 13.0 Å². The first-order valence-corrected chi connectivity index (χ1v) is 11.3. The molecule has 0 spiro atoms. The van der Waals surface area contributed by atoms with Gasteiger partial charge in [-0.15, -0.1) is 0 Å². The number of nitrogens with zero attached hydrogens (tertiary/aromatic N) is 3. The van der Waals surface area contributed by atoms with Crippen LogP contribution in [0.1, 0.15) is 12.0 Å². The van der Waals surface area contributed by atoms with Crippen LogP contribution in [0.3, 0.4) is 0 Å². The SMILES string of the molecule is COc1ccc(-c2noc(-c3ccc(NC(=O)[C@@H]4CC(=O)N(c5cccc(C)c5)C4)cc3)n2)cc1. The van der Waals surface area contributed by atoms with E-state index in [0.29, 0.717) is 23.9 Å². The van der Waals surface area contributed by atoms with Crippen molar-refractivity contribution in [3.05, 3.63) is 78.4 Å². The van der Waals surface area contributed by atoms with Crippen molar-refractivity contribution in [1.82, 2.24) is 10.1 Å². The molecular weight excluding hydrogens is 444 g/mol. The lowest BCUT2D eigenvalue weighted by Crippen LogP contribution is -2.28. The Kier molecular flexibility index (Phi) is 6.01. The van der Waals surface area contributed by atoms with Crippen LogP contribution in [0.4, 0.5) is 11.4 Å². The topological polar surface area (TPSA) is 97.6 Å². The van der Waals surface area contributed by atoms with Gasteiger partial charge in [0, 0.05) is 35.5 Å². The van der Waals surface area contributed by atoms with Crippen molar-refractivity contribution >= 4 is 23.2 Å². The Labute approximate surface area is 202 Å². The lowest BCUT2D eigenvalue weighted by atomic mass is 10.1. The monoisotopic (exact) mass is 468 g/mol. The van der Waals surface area contributed by atoms with Crippen LogP contribution in [-0.4, -0.2) is 35.6 Å². The zero-order chi connectivity index (χ0) is 24.4. The summed E-state index contributed by atoms with van der Waals surface area (Å²) in [6, 6.07) is 22.3. The molecule has 0 radical (unpaired) electrons. The van der Waals surface area contributed by atoms with E-state index in [-0.39, 0.29) is 18.2 Å². The number of hydrogen-bond acceptors (Lipinski definition) is 6. The van der Waals surface area contributed by atoms with Gasteiger partial charge >= 0.3 is 0 Å². The van der Waals surface area contributed by atoms with Crippen molar-refractivity contribution in [3.8, 4) is 28.6 Å². The molecule has 1 fully saturated rings. The first kappa shape index (κ1) is 22.3. The van der Waals surface area contributed by atoms with Gasteiger partial charge < -0.3 is 19.5 Å². The van der Waals surface area contributed by atoms with E-state index in [1.807, 2.05) is 55.5 Å². The summed E-state index contributed by atoms with van der Waals surface area (Å²) in [5, 5.41) is 6.96. The van der Waals surface area contributed by atoms with Gasteiger partial charge in [0.1, 0.15) is 5.75 Å². The van der Waals surface area contributed by atoms with Crippen LogP contribution < -0.4 is 15.0 Å². The maximum atomic E-state index is 12.8. The molecule has 0 unspecified atom stereocenters. The molecule has 5 rings (SSSR count). The molecule has 8 nitrogen and oxygen atoms in total. The second-order valence-electron chi connectivity index (χ2n) is 8.46. The Bertz CT molecular complexity index is 1360. The minimum atomic E-state index is -0.411. The Morgan fingerprint density at radius 2 is 1.80 bits per heavy atom. The first-order chi connectivity index (χ1) is 17.0. The number of aryl methyl sites for hydroxylation is 1. The fourth-order valence-electron chi connectivity index (χ4n) is 4.07. The molecular formula is C27H24N4O4. The zero-order valence-corrected chi connectivity index (χ0v) is 19.4. The summed E-state index contributed by atoms with van der Waals surface area (Å²) >= 11 is 0. The molecule has 0 bridgehead atoms. The average Bonchev–Trinajstić information content (AvgIpc) is 3.52. The predicted octanol–water partition coefficient (Wildman–Crippen LogP) is 4.71. The summed E-state index contributed by atoms with van der Waals surface area (Å²) in [7, 11) is 1.61. The van der Waals surface area contributed by atoms with E-state index < -0.39 is 5.92 Å². The van der Waals surface area contributed by atoms with Gasteiger partial charge in [0.25, 0.3) is 5.89 Å². The Hall–Kier alpha value is -4.46. The van der Waals surface area contributed by atoms with E-state index in [1.165, 1.54) is 0 Å². The zero-order valence-electron chi connectivity index (χ0n) is 19.4. The lowest BCUT2D eigenvalue weighted by Gasteiger charge is -2.17. The summed E-state index contributed by atoms with van der Waals surface area (Å²) in [6.07, 6.45) is 0.188. The van der Waals surface area contributed by atoms with E-state index >= 15 is 0 Å². The highest BCUT2D eigenvalue weighted by Gasteiger charge is 2.35. The van der Waals surface area contributed by atoms with Crippen LogP contribution in [0.5, 0.6) is 5.75 Å². The third kappa shape index (κ3) is 4.77. The fraction of sp³-hybridized carbons (Fsp3) is 0.185. The first-order valence-electron chi connectivity index (χ1n) is 11.3. The Morgan fingerprint density at radius 1 is 1.06 bits per heavy atom. The number of ether oxygens (including phenoxy) is 1. The number of aromatic nitrogens is 2. The van der Waals surface area contributed by atoms with Crippen LogP contribution in [0.25, 0.3) is 22.8 Å². The molecule has 1 aliphatic rings. The van der Waals surface area contributed by atoms with Gasteiger partial charge in [-0.2, -0.15) is 4.98 Å².